The first-order valence-electron chi connectivity index (χ1n) is 4.53. The summed E-state index contributed by atoms with van der Waals surface area (Å²) < 4.78 is 4.59. The minimum Gasteiger partial charge on any atom is -0.467 e. The van der Waals surface area contributed by atoms with E-state index in [0.717, 1.165) is 5.56 Å². The molecule has 0 saturated heterocycles. The van der Waals surface area contributed by atoms with Gasteiger partial charge in [-0.15, -0.1) is 0 Å². The van der Waals surface area contributed by atoms with Crippen LogP contribution in [-0.4, -0.2) is 19.5 Å². The average molecular weight is 207 g/mol. The van der Waals surface area contributed by atoms with Crippen LogP contribution >= 0.6 is 0 Å². The molecule has 1 aromatic rings. The molecule has 0 radical (unpaired) electrons. The SMILES string of the molecule is COC(=O)C(NC=O)c1ccc(C)cc1. The quantitative estimate of drug-likeness (QED) is 0.591. The first-order chi connectivity index (χ1) is 7.19. The minimum absolute atomic E-state index is 0.481. The number of amides is 1. The van der Waals surface area contributed by atoms with Crippen LogP contribution in [0.1, 0.15) is 17.2 Å². The molecule has 0 aromatic heterocycles. The van der Waals surface area contributed by atoms with Crippen LogP contribution in [0.3, 0.4) is 0 Å². The highest BCUT2D eigenvalue weighted by molar-refractivity contribution is 5.79. The Hall–Kier alpha value is -1.84. The third-order valence-electron chi connectivity index (χ3n) is 2.08. The van der Waals surface area contributed by atoms with Crippen molar-refractivity contribution >= 4 is 12.4 Å². The van der Waals surface area contributed by atoms with Crippen molar-refractivity contribution in [2.75, 3.05) is 7.11 Å². The zero-order valence-electron chi connectivity index (χ0n) is 8.69. The largest absolute Gasteiger partial charge is 0.467 e. The standard InChI is InChI=1S/C11H13NO3/c1-8-3-5-9(6-4-8)10(12-7-13)11(14)15-2/h3-7,10H,1-2H3,(H,12,13). The summed E-state index contributed by atoms with van der Waals surface area (Å²) in [7, 11) is 1.29. The van der Waals surface area contributed by atoms with Crippen LogP contribution in [0.4, 0.5) is 0 Å². The van der Waals surface area contributed by atoms with Crippen LogP contribution in [0.15, 0.2) is 24.3 Å². The molecule has 4 heteroatoms. The maximum atomic E-state index is 11.3. The van der Waals surface area contributed by atoms with Gasteiger partial charge < -0.3 is 10.1 Å². The predicted octanol–water partition coefficient (Wildman–Crippen LogP) is 0.955. The molecule has 1 aromatic carbocycles. The molecule has 0 aliphatic heterocycles. The number of methoxy groups -OCH3 is 1. The molecular weight excluding hydrogens is 194 g/mol. The van der Waals surface area contributed by atoms with E-state index in [1.54, 1.807) is 12.1 Å². The van der Waals surface area contributed by atoms with Gasteiger partial charge in [-0.3, -0.25) is 4.79 Å². The summed E-state index contributed by atoms with van der Waals surface area (Å²) in [6, 6.07) is 6.59. The van der Waals surface area contributed by atoms with Gasteiger partial charge in [0.1, 0.15) is 0 Å². The van der Waals surface area contributed by atoms with E-state index < -0.39 is 12.0 Å². The van der Waals surface area contributed by atoms with Gasteiger partial charge in [-0.2, -0.15) is 0 Å². The Morgan fingerprint density at radius 3 is 2.47 bits per heavy atom. The normalized spacial score (nSPS) is 11.6. The number of hydrogen-bond donors (Lipinski definition) is 1. The summed E-state index contributed by atoms with van der Waals surface area (Å²) in [6.45, 7) is 1.95. The maximum absolute atomic E-state index is 11.3. The molecule has 0 saturated carbocycles. The molecule has 0 aliphatic carbocycles. The fourth-order valence-corrected chi connectivity index (χ4v) is 1.25. The molecule has 15 heavy (non-hydrogen) atoms. The molecule has 1 unspecified atom stereocenters. The highest BCUT2D eigenvalue weighted by Gasteiger charge is 2.19. The van der Waals surface area contributed by atoms with E-state index in [-0.39, 0.29) is 0 Å². The van der Waals surface area contributed by atoms with Crippen molar-refractivity contribution in [3.63, 3.8) is 0 Å². The van der Waals surface area contributed by atoms with Gasteiger partial charge in [0, 0.05) is 0 Å². The molecule has 0 fully saturated rings. The third kappa shape index (κ3) is 2.80. The van der Waals surface area contributed by atoms with Crippen molar-refractivity contribution in [1.82, 2.24) is 5.32 Å². The number of carbonyl (C=O) groups excluding carboxylic acids is 2. The monoisotopic (exact) mass is 207 g/mol. The molecule has 0 spiro atoms. The summed E-state index contributed by atoms with van der Waals surface area (Å²) >= 11 is 0. The van der Waals surface area contributed by atoms with E-state index in [4.69, 9.17) is 0 Å². The second-order valence-electron chi connectivity index (χ2n) is 3.15. The van der Waals surface area contributed by atoms with Crippen molar-refractivity contribution in [3.05, 3.63) is 35.4 Å². The van der Waals surface area contributed by atoms with E-state index in [1.807, 2.05) is 19.1 Å². The molecule has 0 heterocycles. The molecular formula is C11H13NO3. The fourth-order valence-electron chi connectivity index (χ4n) is 1.25. The molecule has 1 rings (SSSR count). The van der Waals surface area contributed by atoms with E-state index in [2.05, 4.69) is 10.1 Å². The molecule has 1 atom stereocenters. The number of aryl methyl sites for hydroxylation is 1. The van der Waals surface area contributed by atoms with Gasteiger partial charge in [-0.1, -0.05) is 29.8 Å². The van der Waals surface area contributed by atoms with Gasteiger partial charge in [0.05, 0.1) is 7.11 Å². The van der Waals surface area contributed by atoms with Crippen LogP contribution in [0, 0.1) is 6.92 Å². The number of nitrogens with one attached hydrogen (secondary N) is 1. The average Bonchev–Trinajstić information content (AvgIpc) is 2.26. The molecule has 4 nitrogen and oxygen atoms in total. The number of esters is 1. The van der Waals surface area contributed by atoms with Crippen LogP contribution < -0.4 is 5.32 Å². The Bertz CT molecular complexity index is 345. The summed E-state index contributed by atoms with van der Waals surface area (Å²) in [5, 5.41) is 2.41. The lowest BCUT2D eigenvalue weighted by Crippen LogP contribution is -2.28. The maximum Gasteiger partial charge on any atom is 0.333 e. The number of ether oxygens (including phenoxy) is 1. The van der Waals surface area contributed by atoms with Crippen molar-refractivity contribution in [3.8, 4) is 0 Å². The number of carbonyl (C=O) groups is 2. The Kier molecular flexibility index (Phi) is 3.85. The van der Waals surface area contributed by atoms with Gasteiger partial charge in [0.15, 0.2) is 6.04 Å². The lowest BCUT2D eigenvalue weighted by Gasteiger charge is -2.13. The zero-order valence-corrected chi connectivity index (χ0v) is 8.69. The third-order valence-corrected chi connectivity index (χ3v) is 2.08. The van der Waals surface area contributed by atoms with E-state index in [0.29, 0.717) is 12.0 Å². The minimum atomic E-state index is -0.729. The smallest absolute Gasteiger partial charge is 0.333 e. The molecule has 1 amide bonds. The van der Waals surface area contributed by atoms with E-state index in [1.165, 1.54) is 7.11 Å². The first-order valence-corrected chi connectivity index (χ1v) is 4.53. The van der Waals surface area contributed by atoms with E-state index in [9.17, 15) is 9.59 Å². The highest BCUT2D eigenvalue weighted by Crippen LogP contribution is 2.14. The van der Waals surface area contributed by atoms with Gasteiger partial charge in [-0.25, -0.2) is 4.79 Å². The topological polar surface area (TPSA) is 55.4 Å². The Morgan fingerprint density at radius 1 is 1.40 bits per heavy atom. The summed E-state index contributed by atoms with van der Waals surface area (Å²) in [6.07, 6.45) is 0.488. The molecule has 80 valence electrons. The molecule has 0 aliphatic rings. The summed E-state index contributed by atoms with van der Waals surface area (Å²) in [4.78, 5) is 21.7. The number of rotatable bonds is 4. The second-order valence-corrected chi connectivity index (χ2v) is 3.15. The summed E-state index contributed by atoms with van der Waals surface area (Å²) in [5.74, 6) is -0.481. The second kappa shape index (κ2) is 5.14. The number of benzene rings is 1. The summed E-state index contributed by atoms with van der Waals surface area (Å²) in [5.41, 5.74) is 1.80. The zero-order chi connectivity index (χ0) is 11.3. The van der Waals surface area contributed by atoms with Crippen LogP contribution in [0.2, 0.25) is 0 Å². The van der Waals surface area contributed by atoms with Crippen molar-refractivity contribution in [2.45, 2.75) is 13.0 Å². The Labute approximate surface area is 88.2 Å². The fraction of sp³-hybridized carbons (Fsp3) is 0.273. The molecule has 1 N–H and O–H groups in total. The Balaban J connectivity index is 2.93. The first kappa shape index (κ1) is 11.2. The van der Waals surface area contributed by atoms with Gasteiger partial charge in [-0.05, 0) is 12.5 Å². The Morgan fingerprint density at radius 2 is 2.00 bits per heavy atom. The van der Waals surface area contributed by atoms with Crippen molar-refractivity contribution in [2.24, 2.45) is 0 Å². The van der Waals surface area contributed by atoms with Crippen LogP contribution in [-0.2, 0) is 14.3 Å². The lowest BCUT2D eigenvalue weighted by atomic mass is 10.1. The van der Waals surface area contributed by atoms with E-state index >= 15 is 0 Å². The molecule has 0 bridgehead atoms. The van der Waals surface area contributed by atoms with Gasteiger partial charge in [0.25, 0.3) is 0 Å². The van der Waals surface area contributed by atoms with Crippen molar-refractivity contribution in [1.29, 1.82) is 0 Å². The number of hydrogen-bond acceptors (Lipinski definition) is 3. The van der Waals surface area contributed by atoms with Gasteiger partial charge in [0.2, 0.25) is 6.41 Å². The van der Waals surface area contributed by atoms with Crippen molar-refractivity contribution < 1.29 is 14.3 Å². The highest BCUT2D eigenvalue weighted by atomic mass is 16.5. The van der Waals surface area contributed by atoms with Gasteiger partial charge >= 0.3 is 5.97 Å². The van der Waals surface area contributed by atoms with Crippen LogP contribution in [0.5, 0.6) is 0 Å². The lowest BCUT2D eigenvalue weighted by molar-refractivity contribution is -0.144. The van der Waals surface area contributed by atoms with Crippen LogP contribution in [0.25, 0.3) is 0 Å². The predicted molar refractivity (Wildman–Crippen MR) is 55.1 cm³/mol.